The summed E-state index contributed by atoms with van der Waals surface area (Å²) in [6.07, 6.45) is 3.22. The third-order valence-corrected chi connectivity index (χ3v) is 6.38. The number of hydrogen-bond donors (Lipinski definition) is 1. The average molecular weight is 394 g/mol. The summed E-state index contributed by atoms with van der Waals surface area (Å²) < 4.78 is 1.56. The Kier molecular flexibility index (Phi) is 3.83. The van der Waals surface area contributed by atoms with Crippen LogP contribution in [0, 0.1) is 0 Å². The van der Waals surface area contributed by atoms with Crippen LogP contribution in [0.25, 0.3) is 16.2 Å². The normalized spacial score (nSPS) is 18.4. The van der Waals surface area contributed by atoms with E-state index in [0.29, 0.717) is 23.5 Å². The summed E-state index contributed by atoms with van der Waals surface area (Å²) in [5.74, 6) is -0.201. The highest BCUT2D eigenvalue weighted by Crippen LogP contribution is 2.35. The molecule has 1 saturated heterocycles. The van der Waals surface area contributed by atoms with Gasteiger partial charge in [-0.15, -0.1) is 11.3 Å². The lowest BCUT2D eigenvalue weighted by molar-refractivity contribution is -0.131. The van der Waals surface area contributed by atoms with E-state index in [2.05, 4.69) is 10.3 Å². The Morgan fingerprint density at radius 1 is 1.11 bits per heavy atom. The van der Waals surface area contributed by atoms with E-state index in [0.717, 1.165) is 24.1 Å². The molecule has 0 atom stereocenters. The molecule has 28 heavy (non-hydrogen) atoms. The Labute approximate surface area is 164 Å². The van der Waals surface area contributed by atoms with E-state index in [1.54, 1.807) is 4.40 Å². The fourth-order valence-corrected chi connectivity index (χ4v) is 5.08. The molecule has 7 nitrogen and oxygen atoms in total. The number of benzene rings is 1. The second-order valence-electron chi connectivity index (χ2n) is 7.30. The molecule has 1 aliphatic carbocycles. The predicted octanol–water partition coefficient (Wildman–Crippen LogP) is 2.79. The molecule has 3 aromatic rings. The lowest BCUT2D eigenvalue weighted by Gasteiger charge is -2.19. The molecule has 2 aromatic heterocycles. The second kappa shape index (κ2) is 6.27. The number of nitrogens with zero attached hydrogens (tertiary/aromatic N) is 3. The second-order valence-corrected chi connectivity index (χ2v) is 8.14. The molecular weight excluding hydrogens is 376 g/mol. The van der Waals surface area contributed by atoms with Gasteiger partial charge < -0.3 is 5.32 Å². The van der Waals surface area contributed by atoms with Gasteiger partial charge in [-0.1, -0.05) is 43.2 Å². The van der Waals surface area contributed by atoms with Gasteiger partial charge in [-0.25, -0.2) is 9.78 Å². The van der Waals surface area contributed by atoms with Crippen molar-refractivity contribution < 1.29 is 9.59 Å². The molecule has 1 aliphatic heterocycles. The quantitative estimate of drug-likeness (QED) is 0.693. The van der Waals surface area contributed by atoms with Crippen LogP contribution in [-0.2, 0) is 11.3 Å². The highest BCUT2D eigenvalue weighted by atomic mass is 32.1. The van der Waals surface area contributed by atoms with Crippen LogP contribution in [-0.4, -0.2) is 31.8 Å². The SMILES string of the molecule is O=C1NC2(CCCC2)C(=O)N1Cc1cc(=O)n2c(-c3ccccc3)csc2n1. The topological polar surface area (TPSA) is 83.8 Å². The lowest BCUT2D eigenvalue weighted by atomic mass is 9.98. The van der Waals surface area contributed by atoms with E-state index >= 15 is 0 Å². The van der Waals surface area contributed by atoms with E-state index in [-0.39, 0.29) is 18.0 Å². The van der Waals surface area contributed by atoms with Crippen molar-refractivity contribution in [2.75, 3.05) is 0 Å². The fraction of sp³-hybridized carbons (Fsp3) is 0.300. The average Bonchev–Trinajstić information content (AvgIpc) is 3.39. The number of carbonyl (C=O) groups is 2. The third-order valence-electron chi connectivity index (χ3n) is 5.55. The number of nitrogens with one attached hydrogen (secondary N) is 1. The number of thiazole rings is 1. The maximum absolute atomic E-state index is 12.8. The Hall–Kier alpha value is -3.00. The first kappa shape index (κ1) is 17.1. The molecule has 3 amide bonds. The summed E-state index contributed by atoms with van der Waals surface area (Å²) in [4.78, 5) is 44.2. The van der Waals surface area contributed by atoms with Gasteiger partial charge in [0.1, 0.15) is 5.54 Å². The predicted molar refractivity (Wildman–Crippen MR) is 105 cm³/mol. The zero-order valence-electron chi connectivity index (χ0n) is 15.1. The van der Waals surface area contributed by atoms with Crippen LogP contribution < -0.4 is 10.9 Å². The third kappa shape index (κ3) is 2.56. The number of carbonyl (C=O) groups excluding carboxylic acids is 2. The summed E-state index contributed by atoms with van der Waals surface area (Å²) >= 11 is 1.36. The number of urea groups is 1. The van der Waals surface area contributed by atoms with E-state index in [9.17, 15) is 14.4 Å². The molecule has 0 radical (unpaired) electrons. The van der Waals surface area contributed by atoms with Crippen molar-refractivity contribution >= 4 is 28.2 Å². The van der Waals surface area contributed by atoms with Crippen molar-refractivity contribution in [1.29, 1.82) is 0 Å². The minimum atomic E-state index is -0.750. The molecule has 8 heteroatoms. The van der Waals surface area contributed by atoms with Crippen molar-refractivity contribution in [3.05, 3.63) is 57.8 Å². The molecule has 1 saturated carbocycles. The molecule has 0 bridgehead atoms. The van der Waals surface area contributed by atoms with Gasteiger partial charge in [0.05, 0.1) is 17.9 Å². The number of amides is 3. The maximum Gasteiger partial charge on any atom is 0.325 e. The highest BCUT2D eigenvalue weighted by molar-refractivity contribution is 7.15. The molecule has 2 aliphatic rings. The van der Waals surface area contributed by atoms with Gasteiger partial charge in [0.2, 0.25) is 0 Å². The molecule has 2 fully saturated rings. The number of rotatable bonds is 3. The monoisotopic (exact) mass is 394 g/mol. The highest BCUT2D eigenvalue weighted by Gasteiger charge is 2.52. The maximum atomic E-state index is 12.8. The number of hydrogen-bond acceptors (Lipinski definition) is 5. The zero-order chi connectivity index (χ0) is 19.3. The Morgan fingerprint density at radius 2 is 1.86 bits per heavy atom. The summed E-state index contributed by atoms with van der Waals surface area (Å²) in [6.45, 7) is 0.0106. The van der Waals surface area contributed by atoms with E-state index in [1.807, 2.05) is 35.7 Å². The standard InChI is InChI=1S/C20H18N4O3S/c25-16-10-14(11-23-17(26)20(22-18(23)27)8-4-5-9-20)21-19-24(16)15(12-28-19)13-6-2-1-3-7-13/h1-3,6-7,10,12H,4-5,8-9,11H2,(H,22,27). The zero-order valence-corrected chi connectivity index (χ0v) is 15.9. The van der Waals surface area contributed by atoms with Crippen molar-refractivity contribution in [3.63, 3.8) is 0 Å². The lowest BCUT2D eigenvalue weighted by Crippen LogP contribution is -2.44. The molecule has 3 heterocycles. The van der Waals surface area contributed by atoms with Crippen molar-refractivity contribution in [2.45, 2.75) is 37.8 Å². The van der Waals surface area contributed by atoms with E-state index < -0.39 is 11.6 Å². The van der Waals surface area contributed by atoms with Crippen LogP contribution in [0.3, 0.4) is 0 Å². The van der Waals surface area contributed by atoms with Gasteiger partial charge in [-0.05, 0) is 18.4 Å². The fourth-order valence-electron chi connectivity index (χ4n) is 4.15. The van der Waals surface area contributed by atoms with Gasteiger partial charge in [-0.3, -0.25) is 18.9 Å². The molecule has 5 rings (SSSR count). The van der Waals surface area contributed by atoms with Crippen molar-refractivity contribution in [1.82, 2.24) is 19.6 Å². The number of fused-ring (bicyclic) bond motifs is 1. The molecule has 0 unspecified atom stereocenters. The molecular formula is C20H18N4O3S. The van der Waals surface area contributed by atoms with Crippen LogP contribution in [0.5, 0.6) is 0 Å². The van der Waals surface area contributed by atoms with Crippen LogP contribution in [0.2, 0.25) is 0 Å². The molecule has 1 aromatic carbocycles. The van der Waals surface area contributed by atoms with Crippen LogP contribution >= 0.6 is 11.3 Å². The summed E-state index contributed by atoms with van der Waals surface area (Å²) in [7, 11) is 0. The van der Waals surface area contributed by atoms with Gasteiger partial charge in [0, 0.05) is 11.4 Å². The van der Waals surface area contributed by atoms with E-state index in [4.69, 9.17) is 0 Å². The van der Waals surface area contributed by atoms with Crippen LogP contribution in [0.15, 0.2) is 46.6 Å². The van der Waals surface area contributed by atoms with Gasteiger partial charge in [-0.2, -0.15) is 0 Å². The van der Waals surface area contributed by atoms with Crippen molar-refractivity contribution in [3.8, 4) is 11.3 Å². The Bertz CT molecular complexity index is 1150. The van der Waals surface area contributed by atoms with Crippen LogP contribution in [0.4, 0.5) is 4.79 Å². The summed E-state index contributed by atoms with van der Waals surface area (Å²) in [5.41, 5.74) is 1.17. The number of imide groups is 1. The molecule has 1 N–H and O–H groups in total. The first-order valence-corrected chi connectivity index (χ1v) is 10.2. The van der Waals surface area contributed by atoms with Crippen molar-refractivity contribution in [2.24, 2.45) is 0 Å². The van der Waals surface area contributed by atoms with Gasteiger partial charge >= 0.3 is 6.03 Å². The smallest absolute Gasteiger partial charge is 0.323 e. The first-order chi connectivity index (χ1) is 13.6. The molecule has 142 valence electrons. The van der Waals surface area contributed by atoms with Gasteiger partial charge in [0.15, 0.2) is 4.96 Å². The van der Waals surface area contributed by atoms with E-state index in [1.165, 1.54) is 22.3 Å². The summed E-state index contributed by atoms with van der Waals surface area (Å²) in [5, 5.41) is 4.75. The van der Waals surface area contributed by atoms with Crippen LogP contribution in [0.1, 0.15) is 31.4 Å². The minimum Gasteiger partial charge on any atom is -0.323 e. The number of aromatic nitrogens is 2. The largest absolute Gasteiger partial charge is 0.325 e. The molecule has 1 spiro atoms. The van der Waals surface area contributed by atoms with Gasteiger partial charge in [0.25, 0.3) is 11.5 Å². The Morgan fingerprint density at radius 3 is 2.61 bits per heavy atom. The summed E-state index contributed by atoms with van der Waals surface area (Å²) in [6, 6.07) is 10.7. The first-order valence-electron chi connectivity index (χ1n) is 9.27. The minimum absolute atomic E-state index is 0.0106. The Balaban J connectivity index is 1.49.